The number of esters is 1. The van der Waals surface area contributed by atoms with Crippen molar-refractivity contribution in [2.75, 3.05) is 19.1 Å². The maximum Gasteiger partial charge on any atom is 0.311 e. The predicted octanol–water partition coefficient (Wildman–Crippen LogP) is 4.19. The van der Waals surface area contributed by atoms with E-state index >= 15 is 0 Å². The smallest absolute Gasteiger partial charge is 0.311 e. The first-order valence-electron chi connectivity index (χ1n) is 9.91. The molecule has 1 heterocycles. The quantitative estimate of drug-likeness (QED) is 0.191. The van der Waals surface area contributed by atoms with Gasteiger partial charge in [-0.2, -0.15) is 5.10 Å². The van der Waals surface area contributed by atoms with Gasteiger partial charge in [0.2, 0.25) is 5.13 Å². The van der Waals surface area contributed by atoms with Gasteiger partial charge in [0.25, 0.3) is 5.69 Å². The third-order valence-electron chi connectivity index (χ3n) is 4.30. The number of nitrogens with zero attached hydrogens (tertiary/aromatic N) is 3. The van der Waals surface area contributed by atoms with E-state index in [2.05, 4.69) is 15.5 Å². The molecular weight excluding hydrogens is 448 g/mol. The molecule has 0 aliphatic rings. The fourth-order valence-electron chi connectivity index (χ4n) is 2.78. The minimum Gasteiger partial charge on any atom is -0.496 e. The van der Waals surface area contributed by atoms with Gasteiger partial charge in [-0.3, -0.25) is 20.3 Å². The molecule has 0 saturated carbocycles. The zero-order valence-electron chi connectivity index (χ0n) is 18.0. The van der Waals surface area contributed by atoms with Crippen molar-refractivity contribution >= 4 is 34.3 Å². The van der Waals surface area contributed by atoms with Crippen LogP contribution in [0.3, 0.4) is 0 Å². The molecule has 33 heavy (non-hydrogen) atoms. The molecule has 0 saturated heterocycles. The van der Waals surface area contributed by atoms with Crippen LogP contribution in [-0.2, 0) is 22.6 Å². The van der Waals surface area contributed by atoms with Gasteiger partial charge < -0.3 is 14.2 Å². The Kier molecular flexibility index (Phi) is 8.30. The topological polar surface area (TPSA) is 125 Å². The van der Waals surface area contributed by atoms with Gasteiger partial charge in [-0.15, -0.1) is 11.3 Å². The second kappa shape index (κ2) is 11.6. The fourth-order valence-corrected chi connectivity index (χ4v) is 3.44. The van der Waals surface area contributed by atoms with Crippen molar-refractivity contribution in [3.63, 3.8) is 0 Å². The van der Waals surface area contributed by atoms with Crippen LogP contribution in [0.15, 0.2) is 52.9 Å². The van der Waals surface area contributed by atoms with Crippen LogP contribution in [0.2, 0.25) is 0 Å². The highest BCUT2D eigenvalue weighted by Crippen LogP contribution is 2.23. The van der Waals surface area contributed by atoms with Crippen molar-refractivity contribution in [3.8, 4) is 11.5 Å². The third-order valence-corrected chi connectivity index (χ3v) is 5.10. The van der Waals surface area contributed by atoms with Crippen LogP contribution in [0, 0.1) is 10.1 Å². The van der Waals surface area contributed by atoms with Gasteiger partial charge in [-0.1, -0.05) is 0 Å². The number of nitro groups is 1. The molecule has 10 nitrogen and oxygen atoms in total. The number of hydrogen-bond donors (Lipinski definition) is 1. The van der Waals surface area contributed by atoms with E-state index in [0.29, 0.717) is 28.9 Å². The first-order chi connectivity index (χ1) is 16.0. The van der Waals surface area contributed by atoms with Crippen molar-refractivity contribution in [1.29, 1.82) is 0 Å². The first kappa shape index (κ1) is 23.7. The Hall–Kier alpha value is -3.99. The zero-order valence-corrected chi connectivity index (χ0v) is 18.8. The largest absolute Gasteiger partial charge is 0.496 e. The predicted molar refractivity (Wildman–Crippen MR) is 124 cm³/mol. The number of non-ortho nitro benzene ring substituents is 1. The van der Waals surface area contributed by atoms with Crippen molar-refractivity contribution in [2.45, 2.75) is 20.0 Å². The Morgan fingerprint density at radius 3 is 2.76 bits per heavy atom. The van der Waals surface area contributed by atoms with E-state index in [1.54, 1.807) is 43.8 Å². The van der Waals surface area contributed by atoms with Crippen LogP contribution in [0.25, 0.3) is 0 Å². The molecule has 0 unspecified atom stereocenters. The second-order valence-corrected chi connectivity index (χ2v) is 7.46. The summed E-state index contributed by atoms with van der Waals surface area (Å²) in [7, 11) is 1.57. The standard InChI is InChI=1S/C22H22N4O6S/c1-3-31-21(27)11-17-14-33-22(24-17)25-23-12-15-4-9-20(30-2)16(10-15)13-32-19-7-5-18(6-8-19)26(28)29/h4-10,12,14H,3,11,13H2,1-2H3,(H,24,25). The number of aromatic nitrogens is 1. The summed E-state index contributed by atoms with van der Waals surface area (Å²) >= 11 is 1.34. The van der Waals surface area contributed by atoms with Crippen LogP contribution in [-0.4, -0.2) is 35.8 Å². The van der Waals surface area contributed by atoms with E-state index in [1.165, 1.54) is 23.5 Å². The van der Waals surface area contributed by atoms with Crippen LogP contribution >= 0.6 is 11.3 Å². The molecule has 3 rings (SSSR count). The molecule has 11 heteroatoms. The van der Waals surface area contributed by atoms with Crippen LogP contribution in [0.1, 0.15) is 23.7 Å². The summed E-state index contributed by atoms with van der Waals surface area (Å²) in [5, 5.41) is 17.3. The minimum atomic E-state index is -0.462. The Morgan fingerprint density at radius 2 is 2.06 bits per heavy atom. The molecule has 0 aliphatic carbocycles. The lowest BCUT2D eigenvalue weighted by Crippen LogP contribution is -2.07. The summed E-state index contributed by atoms with van der Waals surface area (Å²) < 4.78 is 16.0. The van der Waals surface area contributed by atoms with Gasteiger partial charge in [0.05, 0.1) is 37.0 Å². The van der Waals surface area contributed by atoms with Gasteiger partial charge in [0, 0.05) is 23.1 Å². The number of hydrazone groups is 1. The number of hydrogen-bond acceptors (Lipinski definition) is 10. The van der Waals surface area contributed by atoms with Gasteiger partial charge in [-0.05, 0) is 42.8 Å². The summed E-state index contributed by atoms with van der Waals surface area (Å²) in [4.78, 5) is 26.1. The van der Waals surface area contributed by atoms with E-state index in [9.17, 15) is 14.9 Å². The summed E-state index contributed by atoms with van der Waals surface area (Å²) in [6.07, 6.45) is 1.74. The average Bonchev–Trinajstić information content (AvgIpc) is 3.25. The lowest BCUT2D eigenvalue weighted by molar-refractivity contribution is -0.384. The second-order valence-electron chi connectivity index (χ2n) is 6.61. The van der Waals surface area contributed by atoms with Gasteiger partial charge in [-0.25, -0.2) is 4.98 Å². The number of thiazole rings is 1. The monoisotopic (exact) mass is 470 g/mol. The summed E-state index contributed by atoms with van der Waals surface area (Å²) in [6, 6.07) is 11.4. The van der Waals surface area contributed by atoms with Crippen LogP contribution < -0.4 is 14.9 Å². The van der Waals surface area contributed by atoms with Gasteiger partial charge in [0.15, 0.2) is 0 Å². The van der Waals surface area contributed by atoms with Crippen molar-refractivity contribution in [1.82, 2.24) is 4.98 Å². The minimum absolute atomic E-state index is 0.00103. The number of methoxy groups -OCH3 is 1. The number of benzene rings is 2. The summed E-state index contributed by atoms with van der Waals surface area (Å²) in [5.74, 6) is 0.830. The van der Waals surface area contributed by atoms with Crippen molar-refractivity contribution < 1.29 is 23.9 Å². The molecule has 0 atom stereocenters. The first-order valence-corrected chi connectivity index (χ1v) is 10.8. The van der Waals surface area contributed by atoms with Gasteiger partial charge in [0.1, 0.15) is 18.1 Å². The molecule has 0 aliphatic heterocycles. The Labute approximate surface area is 194 Å². The van der Waals surface area contributed by atoms with E-state index in [0.717, 1.165) is 11.1 Å². The third kappa shape index (κ3) is 7.01. The van der Waals surface area contributed by atoms with E-state index < -0.39 is 4.92 Å². The normalized spacial score (nSPS) is 10.7. The molecule has 3 aromatic rings. The maximum absolute atomic E-state index is 11.5. The van der Waals surface area contributed by atoms with Crippen molar-refractivity contribution in [3.05, 3.63) is 74.8 Å². The number of rotatable bonds is 11. The molecule has 0 amide bonds. The van der Waals surface area contributed by atoms with Crippen LogP contribution in [0.4, 0.5) is 10.8 Å². The summed E-state index contributed by atoms with van der Waals surface area (Å²) in [5.41, 5.74) is 5.05. The molecule has 0 spiro atoms. The maximum atomic E-state index is 11.5. The van der Waals surface area contributed by atoms with Crippen molar-refractivity contribution in [2.24, 2.45) is 5.10 Å². The molecule has 1 aromatic heterocycles. The number of ether oxygens (including phenoxy) is 3. The number of carbonyl (C=O) groups is 1. The highest BCUT2D eigenvalue weighted by molar-refractivity contribution is 7.13. The lowest BCUT2D eigenvalue weighted by Gasteiger charge is -2.11. The summed E-state index contributed by atoms with van der Waals surface area (Å²) in [6.45, 7) is 2.30. The zero-order chi connectivity index (χ0) is 23.6. The highest BCUT2D eigenvalue weighted by atomic mass is 32.1. The number of carbonyl (C=O) groups excluding carboxylic acids is 1. The molecular formula is C22H22N4O6S. The average molecular weight is 471 g/mol. The van der Waals surface area contributed by atoms with Crippen LogP contribution in [0.5, 0.6) is 11.5 Å². The van der Waals surface area contributed by atoms with E-state index in [1.807, 2.05) is 12.1 Å². The molecule has 0 bridgehead atoms. The number of nitrogens with one attached hydrogen (secondary N) is 1. The highest BCUT2D eigenvalue weighted by Gasteiger charge is 2.09. The number of nitro benzene ring substituents is 1. The fraction of sp³-hybridized carbons (Fsp3) is 0.227. The van der Waals surface area contributed by atoms with E-state index in [-0.39, 0.29) is 24.7 Å². The molecule has 172 valence electrons. The SMILES string of the molecule is CCOC(=O)Cc1csc(NN=Cc2ccc(OC)c(COc3ccc([N+](=O)[O-])cc3)c2)n1. The Balaban J connectivity index is 1.60. The molecule has 0 fully saturated rings. The molecule has 2 aromatic carbocycles. The number of anilines is 1. The Bertz CT molecular complexity index is 1130. The lowest BCUT2D eigenvalue weighted by atomic mass is 10.1. The Morgan fingerprint density at radius 1 is 1.27 bits per heavy atom. The molecule has 1 N–H and O–H groups in total. The molecule has 0 radical (unpaired) electrons. The van der Waals surface area contributed by atoms with E-state index in [4.69, 9.17) is 14.2 Å². The van der Waals surface area contributed by atoms with Gasteiger partial charge >= 0.3 is 5.97 Å².